The van der Waals surface area contributed by atoms with Crippen molar-refractivity contribution in [2.24, 2.45) is 5.92 Å². The van der Waals surface area contributed by atoms with Crippen molar-refractivity contribution in [3.05, 3.63) is 24.3 Å². The molecule has 0 aliphatic carbocycles. The smallest absolute Gasteiger partial charge is 0.142 e. The predicted octanol–water partition coefficient (Wildman–Crippen LogP) is 1.76. The fourth-order valence-electron chi connectivity index (χ4n) is 2.36. The lowest BCUT2D eigenvalue weighted by Gasteiger charge is -2.22. The molecule has 1 fully saturated rings. The number of rotatable bonds is 7. The zero-order valence-electron chi connectivity index (χ0n) is 11.9. The van der Waals surface area contributed by atoms with E-state index in [0.717, 1.165) is 44.3 Å². The molecule has 19 heavy (non-hydrogen) atoms. The van der Waals surface area contributed by atoms with Crippen LogP contribution in [0.1, 0.15) is 6.42 Å². The van der Waals surface area contributed by atoms with Gasteiger partial charge in [-0.2, -0.15) is 0 Å². The van der Waals surface area contributed by atoms with E-state index in [1.807, 2.05) is 18.2 Å². The molecule has 1 unspecified atom stereocenters. The first-order chi connectivity index (χ1) is 9.31. The minimum absolute atomic E-state index is 0.691. The molecule has 0 radical (unpaired) electrons. The molecule has 1 heterocycles. The molecule has 1 aliphatic heterocycles. The van der Waals surface area contributed by atoms with Gasteiger partial charge in [-0.1, -0.05) is 12.1 Å². The van der Waals surface area contributed by atoms with Gasteiger partial charge in [0.2, 0.25) is 0 Å². The summed E-state index contributed by atoms with van der Waals surface area (Å²) < 4.78 is 10.7. The van der Waals surface area contributed by atoms with Crippen molar-refractivity contribution in [3.63, 3.8) is 0 Å². The summed E-state index contributed by atoms with van der Waals surface area (Å²) in [7, 11) is 3.81. The zero-order valence-corrected chi connectivity index (χ0v) is 11.9. The number of para-hydroxylation sites is 2. The summed E-state index contributed by atoms with van der Waals surface area (Å²) in [5.74, 6) is 1.62. The summed E-state index contributed by atoms with van der Waals surface area (Å²) in [6.45, 7) is 4.83. The highest BCUT2D eigenvalue weighted by atomic mass is 16.5. The highest BCUT2D eigenvalue weighted by Gasteiger charge is 2.14. The highest BCUT2D eigenvalue weighted by Crippen LogP contribution is 2.26. The molecule has 4 heteroatoms. The van der Waals surface area contributed by atoms with Crippen LogP contribution in [0, 0.1) is 5.92 Å². The lowest BCUT2D eigenvalue weighted by Crippen LogP contribution is -2.32. The third-order valence-electron chi connectivity index (χ3n) is 3.58. The molecule has 1 aromatic carbocycles. The topological polar surface area (TPSA) is 33.7 Å². The number of ether oxygens (including phenoxy) is 2. The van der Waals surface area contributed by atoms with Gasteiger partial charge in [0.25, 0.3) is 0 Å². The summed E-state index contributed by atoms with van der Waals surface area (Å²) in [6, 6.07) is 8.12. The fourth-order valence-corrected chi connectivity index (χ4v) is 2.36. The average molecular weight is 264 g/mol. The average Bonchev–Trinajstić information content (AvgIpc) is 2.96. The second-order valence-corrected chi connectivity index (χ2v) is 5.03. The van der Waals surface area contributed by atoms with E-state index >= 15 is 0 Å². The molecule has 2 rings (SSSR count). The molecule has 0 bridgehead atoms. The Morgan fingerprint density at radius 3 is 3.00 bits per heavy atom. The van der Waals surface area contributed by atoms with E-state index in [1.165, 1.54) is 6.42 Å². The number of benzene rings is 1. The van der Waals surface area contributed by atoms with E-state index in [1.54, 1.807) is 7.11 Å². The lowest BCUT2D eigenvalue weighted by atomic mass is 10.1. The normalized spacial score (nSPS) is 18.5. The predicted molar refractivity (Wildman–Crippen MR) is 78.1 cm³/mol. The van der Waals surface area contributed by atoms with E-state index in [2.05, 4.69) is 23.3 Å². The first-order valence-corrected chi connectivity index (χ1v) is 6.94. The van der Waals surface area contributed by atoms with Gasteiger partial charge in [0.05, 0.1) is 19.4 Å². The Bertz CT molecular complexity index is 378. The van der Waals surface area contributed by atoms with Gasteiger partial charge >= 0.3 is 0 Å². The monoisotopic (exact) mass is 264 g/mol. The van der Waals surface area contributed by atoms with Crippen LogP contribution in [0.2, 0.25) is 0 Å². The zero-order chi connectivity index (χ0) is 13.5. The van der Waals surface area contributed by atoms with Gasteiger partial charge in [-0.25, -0.2) is 0 Å². The molecule has 1 aromatic rings. The number of nitrogens with zero attached hydrogens (tertiary/aromatic N) is 1. The molecular weight excluding hydrogens is 240 g/mol. The standard InChI is InChI=1S/C15H24N2O2/c1-17(14-5-3-4-6-15(14)18-2)9-8-16-11-13-7-10-19-12-13/h3-6,13,16H,7-12H2,1-2H3. The number of nitrogens with one attached hydrogen (secondary N) is 1. The molecule has 0 aromatic heterocycles. The number of likely N-dealkylation sites (N-methyl/N-ethyl adjacent to an activating group) is 1. The maximum absolute atomic E-state index is 5.38. The summed E-state index contributed by atoms with van der Waals surface area (Å²) >= 11 is 0. The van der Waals surface area contributed by atoms with Crippen LogP contribution < -0.4 is 15.0 Å². The molecule has 1 atom stereocenters. The summed E-state index contributed by atoms with van der Waals surface area (Å²) in [6.07, 6.45) is 1.19. The van der Waals surface area contributed by atoms with Gasteiger partial charge in [0.1, 0.15) is 5.75 Å². The van der Waals surface area contributed by atoms with Crippen molar-refractivity contribution in [2.75, 3.05) is 51.9 Å². The molecule has 0 saturated carbocycles. The Labute approximate surface area is 115 Å². The Hall–Kier alpha value is -1.26. The first-order valence-electron chi connectivity index (χ1n) is 6.94. The van der Waals surface area contributed by atoms with Crippen molar-refractivity contribution in [2.45, 2.75) is 6.42 Å². The maximum atomic E-state index is 5.38. The van der Waals surface area contributed by atoms with Crippen LogP contribution in [0.5, 0.6) is 5.75 Å². The first kappa shape index (κ1) is 14.2. The number of hydrogen-bond donors (Lipinski definition) is 1. The Morgan fingerprint density at radius 1 is 1.42 bits per heavy atom. The summed E-state index contributed by atoms with van der Waals surface area (Å²) in [5, 5.41) is 3.50. The largest absolute Gasteiger partial charge is 0.495 e. The SMILES string of the molecule is COc1ccccc1N(C)CCNCC1CCOC1. The van der Waals surface area contributed by atoms with E-state index in [-0.39, 0.29) is 0 Å². The lowest BCUT2D eigenvalue weighted by molar-refractivity contribution is 0.185. The Balaban J connectivity index is 1.72. The second-order valence-electron chi connectivity index (χ2n) is 5.03. The van der Waals surface area contributed by atoms with Gasteiger partial charge in [-0.3, -0.25) is 0 Å². The second kappa shape index (κ2) is 7.36. The van der Waals surface area contributed by atoms with Crippen LogP contribution in [0.15, 0.2) is 24.3 Å². The van der Waals surface area contributed by atoms with Crippen LogP contribution in [0.4, 0.5) is 5.69 Å². The molecule has 0 spiro atoms. The Kier molecular flexibility index (Phi) is 5.48. The van der Waals surface area contributed by atoms with Crippen molar-refractivity contribution in [1.82, 2.24) is 5.32 Å². The van der Waals surface area contributed by atoms with E-state index in [0.29, 0.717) is 5.92 Å². The van der Waals surface area contributed by atoms with Gasteiger partial charge in [0.15, 0.2) is 0 Å². The van der Waals surface area contributed by atoms with Crippen LogP contribution in [0.3, 0.4) is 0 Å². The Morgan fingerprint density at radius 2 is 2.26 bits per heavy atom. The minimum atomic E-state index is 0.691. The van der Waals surface area contributed by atoms with Crippen molar-refractivity contribution >= 4 is 5.69 Å². The number of hydrogen-bond acceptors (Lipinski definition) is 4. The van der Waals surface area contributed by atoms with Crippen LogP contribution in [0.25, 0.3) is 0 Å². The van der Waals surface area contributed by atoms with E-state index in [9.17, 15) is 0 Å². The van der Waals surface area contributed by atoms with Crippen molar-refractivity contribution < 1.29 is 9.47 Å². The van der Waals surface area contributed by atoms with E-state index < -0.39 is 0 Å². The molecule has 4 nitrogen and oxygen atoms in total. The third-order valence-corrected chi connectivity index (χ3v) is 3.58. The van der Waals surface area contributed by atoms with Crippen molar-refractivity contribution in [3.8, 4) is 5.75 Å². The quantitative estimate of drug-likeness (QED) is 0.761. The van der Waals surface area contributed by atoms with Crippen molar-refractivity contribution in [1.29, 1.82) is 0 Å². The van der Waals surface area contributed by atoms with Gasteiger partial charge in [-0.15, -0.1) is 0 Å². The number of anilines is 1. The van der Waals surface area contributed by atoms with Crippen LogP contribution in [-0.4, -0.2) is 47.0 Å². The molecule has 1 N–H and O–H groups in total. The van der Waals surface area contributed by atoms with Crippen LogP contribution in [-0.2, 0) is 4.74 Å². The molecule has 106 valence electrons. The minimum Gasteiger partial charge on any atom is -0.495 e. The summed E-state index contributed by atoms with van der Waals surface area (Å²) in [5.41, 5.74) is 1.14. The molecule has 1 saturated heterocycles. The van der Waals surface area contributed by atoms with Gasteiger partial charge < -0.3 is 19.7 Å². The fraction of sp³-hybridized carbons (Fsp3) is 0.600. The number of methoxy groups -OCH3 is 1. The molecular formula is C15H24N2O2. The van der Waals surface area contributed by atoms with E-state index in [4.69, 9.17) is 9.47 Å². The van der Waals surface area contributed by atoms with Crippen LogP contribution >= 0.6 is 0 Å². The van der Waals surface area contributed by atoms with Gasteiger partial charge in [0, 0.05) is 33.3 Å². The third kappa shape index (κ3) is 4.11. The molecule has 0 amide bonds. The maximum Gasteiger partial charge on any atom is 0.142 e. The molecule has 1 aliphatic rings. The summed E-state index contributed by atoms with van der Waals surface area (Å²) in [4.78, 5) is 2.22. The highest BCUT2D eigenvalue weighted by molar-refractivity contribution is 5.57. The van der Waals surface area contributed by atoms with Gasteiger partial charge in [-0.05, 0) is 24.5 Å².